The fourth-order valence-corrected chi connectivity index (χ4v) is 1.73. The van der Waals surface area contributed by atoms with Crippen LogP contribution in [0.15, 0.2) is 21.9 Å². The van der Waals surface area contributed by atoms with Crippen LogP contribution in [0.3, 0.4) is 0 Å². The van der Waals surface area contributed by atoms with Crippen LogP contribution in [-0.4, -0.2) is 44.3 Å². The van der Waals surface area contributed by atoms with E-state index < -0.39 is 42.0 Å². The molecule has 3 N–H and O–H groups in total. The van der Waals surface area contributed by atoms with Gasteiger partial charge in [0, 0.05) is 12.3 Å². The molecule has 2 heterocycles. The Morgan fingerprint density at radius 3 is 2.53 bits per heavy atom. The number of H-pyrrole nitrogens is 1. The van der Waals surface area contributed by atoms with E-state index in [1.54, 1.807) is 4.98 Å². The second kappa shape index (κ2) is 4.18. The fourth-order valence-electron chi connectivity index (χ4n) is 1.73. The van der Waals surface area contributed by atoms with Crippen LogP contribution in [0.2, 0.25) is 0 Å². The standard InChI is InChI=1S/C9H9F3N2O5/c10-8(3-15)5(17)9(11,12)6(19-8)14-2-1-4(16)13-7(14)18/h1-2,5-6,15,17H,3H2,(H,13,16,18)/t5?,6?,8-/m1/s1. The van der Waals surface area contributed by atoms with Crippen molar-refractivity contribution < 1.29 is 28.1 Å². The number of hydrogen-bond acceptors (Lipinski definition) is 5. The summed E-state index contributed by atoms with van der Waals surface area (Å²) in [6.07, 6.45) is -4.76. The Hall–Kier alpha value is -1.65. The maximum atomic E-state index is 13.7. The summed E-state index contributed by atoms with van der Waals surface area (Å²) in [5, 5.41) is 17.8. The first kappa shape index (κ1) is 13.8. The number of hydrogen-bond donors (Lipinski definition) is 3. The van der Waals surface area contributed by atoms with E-state index in [-0.39, 0.29) is 4.57 Å². The Labute approximate surface area is 102 Å². The number of alkyl halides is 3. The van der Waals surface area contributed by atoms with Gasteiger partial charge < -0.3 is 14.9 Å². The topological polar surface area (TPSA) is 105 Å². The zero-order chi connectivity index (χ0) is 14.4. The molecule has 0 amide bonds. The van der Waals surface area contributed by atoms with Gasteiger partial charge in [-0.15, -0.1) is 0 Å². The maximum absolute atomic E-state index is 13.7. The lowest BCUT2D eigenvalue weighted by atomic mass is 10.1. The first-order chi connectivity index (χ1) is 8.72. The number of nitrogens with zero attached hydrogens (tertiary/aromatic N) is 1. The van der Waals surface area contributed by atoms with Crippen molar-refractivity contribution in [3.05, 3.63) is 33.1 Å². The maximum Gasteiger partial charge on any atom is 0.330 e. The molecule has 0 spiro atoms. The first-order valence-corrected chi connectivity index (χ1v) is 5.07. The molecule has 0 aromatic carbocycles. The van der Waals surface area contributed by atoms with Crippen LogP contribution in [0.5, 0.6) is 0 Å². The third-order valence-corrected chi connectivity index (χ3v) is 2.73. The first-order valence-electron chi connectivity index (χ1n) is 5.07. The van der Waals surface area contributed by atoms with Crippen molar-refractivity contribution in [2.24, 2.45) is 0 Å². The molecular formula is C9H9F3N2O5. The Bertz CT molecular complexity index is 600. The third kappa shape index (κ3) is 1.97. The average molecular weight is 282 g/mol. The number of aromatic nitrogens is 2. The van der Waals surface area contributed by atoms with Crippen molar-refractivity contribution in [2.45, 2.75) is 24.1 Å². The summed E-state index contributed by atoms with van der Waals surface area (Å²) >= 11 is 0. The van der Waals surface area contributed by atoms with Gasteiger partial charge in [-0.05, 0) is 0 Å². The van der Waals surface area contributed by atoms with Crippen molar-refractivity contribution in [1.29, 1.82) is 0 Å². The quantitative estimate of drug-likeness (QED) is 0.626. The number of aromatic amines is 1. The molecule has 19 heavy (non-hydrogen) atoms. The van der Waals surface area contributed by atoms with Crippen molar-refractivity contribution in [3.8, 4) is 0 Å². The van der Waals surface area contributed by atoms with Gasteiger partial charge in [-0.2, -0.15) is 8.78 Å². The summed E-state index contributed by atoms with van der Waals surface area (Å²) in [5.74, 6) is -7.57. The van der Waals surface area contributed by atoms with Crippen molar-refractivity contribution >= 4 is 0 Å². The van der Waals surface area contributed by atoms with Crippen molar-refractivity contribution in [2.75, 3.05) is 6.61 Å². The van der Waals surface area contributed by atoms with Crippen LogP contribution in [0, 0.1) is 0 Å². The van der Waals surface area contributed by atoms with Gasteiger partial charge in [0.05, 0.1) is 0 Å². The van der Waals surface area contributed by atoms with Gasteiger partial charge in [0.25, 0.3) is 11.4 Å². The van der Waals surface area contributed by atoms with Crippen LogP contribution in [0.25, 0.3) is 0 Å². The minimum Gasteiger partial charge on any atom is -0.390 e. The second-order valence-electron chi connectivity index (χ2n) is 4.01. The van der Waals surface area contributed by atoms with E-state index in [9.17, 15) is 22.8 Å². The molecule has 1 fully saturated rings. The Kier molecular flexibility index (Phi) is 3.03. The fraction of sp³-hybridized carbons (Fsp3) is 0.556. The van der Waals surface area contributed by atoms with Gasteiger partial charge in [-0.1, -0.05) is 0 Å². The van der Waals surface area contributed by atoms with Gasteiger partial charge >= 0.3 is 11.6 Å². The molecule has 1 aliphatic heterocycles. The molecule has 1 aromatic heterocycles. The molecule has 1 saturated heterocycles. The highest BCUT2D eigenvalue weighted by Crippen LogP contribution is 2.47. The minimum absolute atomic E-state index is 0.224. The van der Waals surface area contributed by atoms with Gasteiger partial charge in [-0.3, -0.25) is 14.3 Å². The molecule has 0 radical (unpaired) electrons. The van der Waals surface area contributed by atoms with Crippen LogP contribution in [0.4, 0.5) is 13.2 Å². The highest BCUT2D eigenvalue weighted by Gasteiger charge is 2.68. The molecule has 2 rings (SSSR count). The highest BCUT2D eigenvalue weighted by molar-refractivity contribution is 5.01. The molecule has 3 atom stereocenters. The molecule has 1 aromatic rings. The molecule has 7 nitrogen and oxygen atoms in total. The van der Waals surface area contributed by atoms with Gasteiger partial charge in [0.2, 0.25) is 6.23 Å². The van der Waals surface area contributed by atoms with Crippen LogP contribution in [0.1, 0.15) is 6.23 Å². The molecular weight excluding hydrogens is 273 g/mol. The lowest BCUT2D eigenvalue weighted by Gasteiger charge is -2.20. The number of halogens is 3. The number of aliphatic hydroxyl groups is 2. The normalized spacial score (nSPS) is 33.5. The molecule has 10 heteroatoms. The van der Waals surface area contributed by atoms with Gasteiger partial charge in [-0.25, -0.2) is 9.18 Å². The molecule has 106 valence electrons. The zero-order valence-corrected chi connectivity index (χ0v) is 9.22. The summed E-state index contributed by atoms with van der Waals surface area (Å²) in [6, 6.07) is 0.754. The molecule has 1 aliphatic rings. The predicted molar refractivity (Wildman–Crippen MR) is 53.3 cm³/mol. The van der Waals surface area contributed by atoms with Crippen LogP contribution < -0.4 is 11.2 Å². The molecule has 0 saturated carbocycles. The monoisotopic (exact) mass is 282 g/mol. The van der Waals surface area contributed by atoms with E-state index in [2.05, 4.69) is 4.74 Å². The summed E-state index contributed by atoms with van der Waals surface area (Å²) in [4.78, 5) is 23.8. The van der Waals surface area contributed by atoms with E-state index in [1.165, 1.54) is 0 Å². The second-order valence-corrected chi connectivity index (χ2v) is 4.01. The summed E-state index contributed by atoms with van der Waals surface area (Å²) in [6.45, 7) is -1.52. The molecule has 0 aliphatic carbocycles. The minimum atomic E-state index is -4.17. The number of rotatable bonds is 2. The van der Waals surface area contributed by atoms with E-state index in [0.717, 1.165) is 6.07 Å². The Morgan fingerprint density at radius 1 is 1.42 bits per heavy atom. The van der Waals surface area contributed by atoms with Crippen molar-refractivity contribution in [1.82, 2.24) is 9.55 Å². The Morgan fingerprint density at radius 2 is 2.05 bits per heavy atom. The van der Waals surface area contributed by atoms with E-state index in [1.807, 2.05) is 0 Å². The number of aliphatic hydroxyl groups excluding tert-OH is 2. The SMILES string of the molecule is O=c1ccn(C2O[C@](F)(CO)C(O)C2(F)F)c(=O)[nH]1. The average Bonchev–Trinajstić information content (AvgIpc) is 2.51. The van der Waals surface area contributed by atoms with Crippen LogP contribution in [-0.2, 0) is 4.74 Å². The molecule has 2 unspecified atom stereocenters. The summed E-state index contributed by atoms with van der Waals surface area (Å²) < 4.78 is 45.5. The van der Waals surface area contributed by atoms with Crippen molar-refractivity contribution in [3.63, 3.8) is 0 Å². The predicted octanol–water partition coefficient (Wildman–Crippen LogP) is -1.28. The molecule has 0 bridgehead atoms. The number of ether oxygens (including phenoxy) is 1. The smallest absolute Gasteiger partial charge is 0.330 e. The zero-order valence-electron chi connectivity index (χ0n) is 9.22. The lowest BCUT2D eigenvalue weighted by Crippen LogP contribution is -2.46. The highest BCUT2D eigenvalue weighted by atomic mass is 19.3. The van der Waals surface area contributed by atoms with Gasteiger partial charge in [0.1, 0.15) is 6.61 Å². The van der Waals surface area contributed by atoms with E-state index in [4.69, 9.17) is 10.2 Å². The summed E-state index contributed by atoms with van der Waals surface area (Å²) in [5.41, 5.74) is -2.09. The van der Waals surface area contributed by atoms with E-state index in [0.29, 0.717) is 6.20 Å². The Balaban J connectivity index is 2.51. The lowest BCUT2D eigenvalue weighted by molar-refractivity contribution is -0.207. The van der Waals surface area contributed by atoms with Gasteiger partial charge in [0.15, 0.2) is 6.10 Å². The third-order valence-electron chi connectivity index (χ3n) is 2.73. The van der Waals surface area contributed by atoms with Crippen LogP contribution >= 0.6 is 0 Å². The largest absolute Gasteiger partial charge is 0.390 e. The van der Waals surface area contributed by atoms with E-state index >= 15 is 0 Å². The summed E-state index contributed by atoms with van der Waals surface area (Å²) in [7, 11) is 0. The number of nitrogens with one attached hydrogen (secondary N) is 1.